The zero-order valence-electron chi connectivity index (χ0n) is 15.0. The molecule has 0 bridgehead atoms. The largest absolute Gasteiger partial charge is 0.356 e. The van der Waals surface area contributed by atoms with E-state index in [9.17, 15) is 9.59 Å². The molecule has 25 heavy (non-hydrogen) atoms. The molecule has 1 heterocycles. The summed E-state index contributed by atoms with van der Waals surface area (Å²) >= 11 is 0. The molecule has 0 aliphatic carbocycles. The average molecular weight is 458 g/mol. The third-order valence-corrected chi connectivity index (χ3v) is 4.20. The van der Waals surface area contributed by atoms with E-state index in [-0.39, 0.29) is 35.8 Å². The van der Waals surface area contributed by atoms with Crippen LogP contribution in [-0.4, -0.2) is 48.9 Å². The van der Waals surface area contributed by atoms with E-state index < -0.39 is 0 Å². The van der Waals surface area contributed by atoms with Crippen LogP contribution in [-0.2, 0) is 0 Å². The lowest BCUT2D eigenvalue weighted by Gasteiger charge is -2.17. The number of benzene rings is 1. The number of rotatable bonds is 7. The number of guanidine groups is 1. The average Bonchev–Trinajstić information content (AvgIpc) is 2.85. The Morgan fingerprint density at radius 3 is 2.28 bits per heavy atom. The lowest BCUT2D eigenvalue weighted by molar-refractivity contribution is 0.0652. The Hall–Kier alpha value is -1.64. The fourth-order valence-electron chi connectivity index (χ4n) is 2.57. The molecule has 7 heteroatoms. The van der Waals surface area contributed by atoms with Crippen LogP contribution in [0, 0.1) is 0 Å². The molecule has 2 amide bonds. The van der Waals surface area contributed by atoms with Crippen molar-refractivity contribution in [2.24, 2.45) is 4.99 Å². The molecular weight excluding hydrogens is 431 g/mol. The predicted octanol–water partition coefficient (Wildman–Crippen LogP) is 2.64. The van der Waals surface area contributed by atoms with Crippen LogP contribution >= 0.6 is 24.0 Å². The number of carbonyl (C=O) groups excluding carboxylic acids is 2. The first-order valence-corrected chi connectivity index (χ1v) is 8.50. The second-order valence-corrected chi connectivity index (χ2v) is 5.97. The van der Waals surface area contributed by atoms with Crippen LogP contribution in [0.3, 0.4) is 0 Å². The molecule has 0 spiro atoms. The third-order valence-electron chi connectivity index (χ3n) is 4.20. The van der Waals surface area contributed by atoms with Crippen molar-refractivity contribution in [1.82, 2.24) is 15.5 Å². The highest BCUT2D eigenvalue weighted by Gasteiger charge is 2.34. The zero-order chi connectivity index (χ0) is 17.5. The van der Waals surface area contributed by atoms with Crippen molar-refractivity contribution in [3.05, 3.63) is 35.4 Å². The summed E-state index contributed by atoms with van der Waals surface area (Å²) in [7, 11) is 1.75. The molecule has 1 atom stereocenters. The number of halogens is 1. The van der Waals surface area contributed by atoms with Crippen LogP contribution in [0.15, 0.2) is 29.3 Å². The Bertz CT molecular complexity index is 598. The van der Waals surface area contributed by atoms with E-state index in [0.717, 1.165) is 31.8 Å². The van der Waals surface area contributed by atoms with Crippen LogP contribution in [0.25, 0.3) is 0 Å². The molecular formula is C18H27IN4O2. The maximum Gasteiger partial charge on any atom is 0.261 e. The van der Waals surface area contributed by atoms with E-state index in [0.29, 0.717) is 23.7 Å². The Balaban J connectivity index is 0.00000312. The minimum atomic E-state index is -0.183. The smallest absolute Gasteiger partial charge is 0.261 e. The highest BCUT2D eigenvalue weighted by atomic mass is 127. The normalized spacial score (nSPS) is 14.8. The SMILES string of the molecule is CCC(C)NC(=NC)NCCCCN1C(=O)c2ccccc2C1=O.I. The van der Waals surface area contributed by atoms with Gasteiger partial charge in [-0.2, -0.15) is 0 Å². The van der Waals surface area contributed by atoms with Gasteiger partial charge in [-0.05, 0) is 38.3 Å². The molecule has 0 aromatic heterocycles. The van der Waals surface area contributed by atoms with E-state index in [4.69, 9.17) is 0 Å². The molecule has 6 nitrogen and oxygen atoms in total. The minimum Gasteiger partial charge on any atom is -0.356 e. The van der Waals surface area contributed by atoms with E-state index in [1.165, 1.54) is 4.90 Å². The Morgan fingerprint density at radius 1 is 1.16 bits per heavy atom. The number of hydrogen-bond acceptors (Lipinski definition) is 3. The maximum atomic E-state index is 12.2. The summed E-state index contributed by atoms with van der Waals surface area (Å²) in [6, 6.07) is 7.36. The Morgan fingerprint density at radius 2 is 1.76 bits per heavy atom. The second kappa shape index (κ2) is 10.4. The van der Waals surface area contributed by atoms with E-state index in [1.807, 2.05) is 0 Å². The summed E-state index contributed by atoms with van der Waals surface area (Å²) in [4.78, 5) is 30.0. The first-order chi connectivity index (χ1) is 11.6. The zero-order valence-corrected chi connectivity index (χ0v) is 17.4. The van der Waals surface area contributed by atoms with Gasteiger partial charge in [0, 0.05) is 26.2 Å². The molecule has 0 fully saturated rings. The fourth-order valence-corrected chi connectivity index (χ4v) is 2.57. The van der Waals surface area contributed by atoms with Gasteiger partial charge in [-0.25, -0.2) is 0 Å². The molecule has 0 saturated carbocycles. The third kappa shape index (κ3) is 5.42. The number of unbranched alkanes of at least 4 members (excludes halogenated alkanes) is 1. The predicted molar refractivity (Wildman–Crippen MR) is 111 cm³/mol. The molecule has 1 aliphatic heterocycles. The number of aliphatic imine (C=N–C) groups is 1. The van der Waals surface area contributed by atoms with Crippen LogP contribution in [0.4, 0.5) is 0 Å². The quantitative estimate of drug-likeness (QED) is 0.217. The van der Waals surface area contributed by atoms with Crippen molar-refractivity contribution in [1.29, 1.82) is 0 Å². The maximum absolute atomic E-state index is 12.2. The molecule has 1 unspecified atom stereocenters. The van der Waals surface area contributed by atoms with Gasteiger partial charge >= 0.3 is 0 Å². The van der Waals surface area contributed by atoms with Crippen LogP contribution in [0.2, 0.25) is 0 Å². The number of hydrogen-bond donors (Lipinski definition) is 2. The van der Waals surface area contributed by atoms with Gasteiger partial charge < -0.3 is 10.6 Å². The van der Waals surface area contributed by atoms with E-state index in [2.05, 4.69) is 29.5 Å². The second-order valence-electron chi connectivity index (χ2n) is 5.97. The number of amides is 2. The van der Waals surface area contributed by atoms with Gasteiger partial charge in [-0.3, -0.25) is 19.5 Å². The summed E-state index contributed by atoms with van der Waals surface area (Å²) in [5, 5.41) is 6.54. The molecule has 2 rings (SSSR count). The summed E-state index contributed by atoms with van der Waals surface area (Å²) < 4.78 is 0. The van der Waals surface area contributed by atoms with Crippen molar-refractivity contribution in [2.75, 3.05) is 20.1 Å². The topological polar surface area (TPSA) is 73.8 Å². The highest BCUT2D eigenvalue weighted by Crippen LogP contribution is 2.22. The summed E-state index contributed by atoms with van der Waals surface area (Å²) in [5.74, 6) is 0.417. The van der Waals surface area contributed by atoms with Gasteiger partial charge in [0.2, 0.25) is 0 Å². The molecule has 1 aromatic carbocycles. The molecule has 0 saturated heterocycles. The lowest BCUT2D eigenvalue weighted by Crippen LogP contribution is -2.42. The van der Waals surface area contributed by atoms with Gasteiger partial charge in [0.25, 0.3) is 11.8 Å². The van der Waals surface area contributed by atoms with Crippen LogP contribution in [0.1, 0.15) is 53.8 Å². The molecule has 1 aromatic rings. The minimum absolute atomic E-state index is 0. The monoisotopic (exact) mass is 458 g/mol. The van der Waals surface area contributed by atoms with E-state index >= 15 is 0 Å². The van der Waals surface area contributed by atoms with E-state index in [1.54, 1.807) is 31.3 Å². The summed E-state index contributed by atoms with van der Waals surface area (Å²) in [5.41, 5.74) is 1.03. The van der Waals surface area contributed by atoms with Crippen molar-refractivity contribution in [3.8, 4) is 0 Å². The van der Waals surface area contributed by atoms with Crippen molar-refractivity contribution in [2.45, 2.75) is 39.2 Å². The van der Waals surface area contributed by atoms with Crippen molar-refractivity contribution >= 4 is 41.8 Å². The number of nitrogens with one attached hydrogen (secondary N) is 2. The van der Waals surface area contributed by atoms with Gasteiger partial charge in [0.15, 0.2) is 5.96 Å². The molecule has 0 radical (unpaired) electrons. The number of carbonyl (C=O) groups is 2. The first-order valence-electron chi connectivity index (χ1n) is 8.50. The van der Waals surface area contributed by atoms with Gasteiger partial charge in [0.1, 0.15) is 0 Å². The first kappa shape index (κ1) is 21.4. The lowest BCUT2D eigenvalue weighted by atomic mass is 10.1. The Kier molecular flexibility index (Phi) is 8.88. The Labute approximate surface area is 166 Å². The number of nitrogens with zero attached hydrogens (tertiary/aromatic N) is 2. The molecule has 138 valence electrons. The summed E-state index contributed by atoms with van der Waals surface area (Å²) in [6.07, 6.45) is 2.65. The van der Waals surface area contributed by atoms with Gasteiger partial charge in [-0.1, -0.05) is 19.1 Å². The summed E-state index contributed by atoms with van der Waals surface area (Å²) in [6.45, 7) is 5.42. The van der Waals surface area contributed by atoms with Crippen molar-refractivity contribution in [3.63, 3.8) is 0 Å². The van der Waals surface area contributed by atoms with Gasteiger partial charge in [-0.15, -0.1) is 24.0 Å². The number of fused-ring (bicyclic) bond motifs is 1. The standard InChI is InChI=1S/C18H26N4O2.HI/c1-4-13(2)21-18(19-3)20-11-7-8-12-22-16(23)14-9-5-6-10-15(14)17(22)24;/h5-6,9-10,13H,4,7-8,11-12H2,1-3H3,(H2,19,20,21);1H. The molecule has 2 N–H and O–H groups in total. The van der Waals surface area contributed by atoms with Gasteiger partial charge in [0.05, 0.1) is 11.1 Å². The fraction of sp³-hybridized carbons (Fsp3) is 0.500. The number of imide groups is 1. The van der Waals surface area contributed by atoms with Crippen molar-refractivity contribution < 1.29 is 9.59 Å². The highest BCUT2D eigenvalue weighted by molar-refractivity contribution is 14.0. The van der Waals surface area contributed by atoms with Crippen LogP contribution < -0.4 is 10.6 Å². The van der Waals surface area contributed by atoms with Crippen LogP contribution in [0.5, 0.6) is 0 Å². The molecule has 1 aliphatic rings.